The van der Waals surface area contributed by atoms with E-state index in [9.17, 15) is 14.3 Å². The van der Waals surface area contributed by atoms with E-state index in [4.69, 9.17) is 0 Å². The van der Waals surface area contributed by atoms with Crippen molar-refractivity contribution in [3.63, 3.8) is 0 Å². The van der Waals surface area contributed by atoms with Crippen LogP contribution in [0.4, 0.5) is 4.39 Å². The molecule has 2 N–H and O–H groups in total. The molecular formula is C12H15FN2O2. The molecule has 0 saturated carbocycles. The van der Waals surface area contributed by atoms with Gasteiger partial charge in [0.1, 0.15) is 11.4 Å². The van der Waals surface area contributed by atoms with Crippen molar-refractivity contribution in [2.24, 2.45) is 0 Å². The Kier molecular flexibility index (Phi) is 2.48. The fraction of sp³-hybridized carbons (Fsp3) is 0.417. The number of halogens is 1. The number of amides is 1. The number of likely N-dealkylation sites (N-methyl/N-ethyl adjacent to an activating group) is 1. The van der Waals surface area contributed by atoms with Gasteiger partial charge in [0.25, 0.3) is 5.91 Å². The van der Waals surface area contributed by atoms with Gasteiger partial charge in [-0.3, -0.25) is 15.0 Å². The molecule has 1 aliphatic heterocycles. The van der Waals surface area contributed by atoms with E-state index >= 15 is 0 Å². The van der Waals surface area contributed by atoms with Gasteiger partial charge in [0.05, 0.1) is 0 Å². The predicted octanol–water partition coefficient (Wildman–Crippen LogP) is 0.926. The van der Waals surface area contributed by atoms with Crippen LogP contribution in [0.25, 0.3) is 0 Å². The lowest BCUT2D eigenvalue weighted by atomic mass is 10.2. The van der Waals surface area contributed by atoms with Gasteiger partial charge in [0.2, 0.25) is 5.85 Å². The average molecular weight is 238 g/mol. The first-order chi connectivity index (χ1) is 7.84. The van der Waals surface area contributed by atoms with Gasteiger partial charge >= 0.3 is 0 Å². The third kappa shape index (κ3) is 1.54. The van der Waals surface area contributed by atoms with Crippen molar-refractivity contribution in [1.82, 2.24) is 10.2 Å². The molecule has 1 aliphatic rings. The van der Waals surface area contributed by atoms with E-state index in [0.29, 0.717) is 0 Å². The first-order valence-corrected chi connectivity index (χ1v) is 5.36. The van der Waals surface area contributed by atoms with Gasteiger partial charge in [-0.15, -0.1) is 0 Å². The number of carbonyl (C=O) groups is 1. The maximum atomic E-state index is 13.0. The number of hydrogen-bond donors (Lipinski definition) is 2. The summed E-state index contributed by atoms with van der Waals surface area (Å²) in [5.41, 5.74) is -0.477. The van der Waals surface area contributed by atoms with Crippen LogP contribution < -0.4 is 5.32 Å². The highest BCUT2D eigenvalue weighted by atomic mass is 19.1. The highest BCUT2D eigenvalue weighted by Crippen LogP contribution is 2.47. The van der Waals surface area contributed by atoms with Crippen LogP contribution in [0.5, 0.6) is 0 Å². The molecule has 0 spiro atoms. The van der Waals surface area contributed by atoms with Crippen molar-refractivity contribution in [2.45, 2.75) is 25.2 Å². The van der Waals surface area contributed by atoms with Crippen molar-refractivity contribution in [3.05, 3.63) is 35.6 Å². The van der Waals surface area contributed by atoms with Gasteiger partial charge in [0, 0.05) is 5.56 Å². The molecule has 1 unspecified atom stereocenters. The van der Waals surface area contributed by atoms with Crippen molar-refractivity contribution in [2.75, 3.05) is 7.05 Å². The zero-order valence-corrected chi connectivity index (χ0v) is 9.99. The average Bonchev–Trinajstić information content (AvgIpc) is 2.73. The van der Waals surface area contributed by atoms with Crippen LogP contribution in [0, 0.1) is 5.82 Å². The number of benzene rings is 1. The third-order valence-electron chi connectivity index (χ3n) is 3.31. The molecule has 0 bridgehead atoms. The maximum absolute atomic E-state index is 13.0. The molecule has 5 heteroatoms. The van der Waals surface area contributed by atoms with Crippen LogP contribution in [-0.2, 0) is 0 Å². The molecular weight excluding hydrogens is 223 g/mol. The number of rotatable bonds is 2. The van der Waals surface area contributed by atoms with Crippen molar-refractivity contribution in [3.8, 4) is 0 Å². The van der Waals surface area contributed by atoms with Crippen molar-refractivity contribution < 1.29 is 14.3 Å². The molecule has 1 amide bonds. The normalized spacial score (nSPS) is 25.8. The van der Waals surface area contributed by atoms with Gasteiger partial charge < -0.3 is 5.11 Å². The molecule has 1 heterocycles. The molecule has 2 rings (SSSR count). The molecule has 0 aliphatic carbocycles. The highest BCUT2D eigenvalue weighted by molar-refractivity contribution is 5.97. The van der Waals surface area contributed by atoms with Gasteiger partial charge in [-0.1, -0.05) is 6.07 Å². The summed E-state index contributed by atoms with van der Waals surface area (Å²) in [6.07, 6.45) is 0. The minimum atomic E-state index is -1.36. The summed E-state index contributed by atoms with van der Waals surface area (Å²) in [5.74, 6) is -2.23. The molecule has 1 atom stereocenters. The third-order valence-corrected chi connectivity index (χ3v) is 3.31. The Bertz CT molecular complexity index is 475. The first-order valence-electron chi connectivity index (χ1n) is 5.36. The second kappa shape index (κ2) is 3.51. The van der Waals surface area contributed by atoms with E-state index in [1.807, 2.05) is 0 Å². The zero-order valence-electron chi connectivity index (χ0n) is 9.99. The van der Waals surface area contributed by atoms with Crippen LogP contribution in [0.15, 0.2) is 24.3 Å². The Morgan fingerprint density at radius 1 is 1.47 bits per heavy atom. The van der Waals surface area contributed by atoms with E-state index in [2.05, 4.69) is 5.32 Å². The van der Waals surface area contributed by atoms with E-state index in [-0.39, 0.29) is 5.56 Å². The first kappa shape index (κ1) is 12.0. The number of nitrogens with zero attached hydrogens (tertiary/aromatic N) is 1. The molecule has 4 nitrogen and oxygen atoms in total. The van der Waals surface area contributed by atoms with Crippen molar-refractivity contribution in [1.29, 1.82) is 0 Å². The smallest absolute Gasteiger partial charge is 0.257 e. The number of carbonyl (C=O) groups excluding carboxylic acids is 1. The van der Waals surface area contributed by atoms with Gasteiger partial charge in [-0.2, -0.15) is 0 Å². The van der Waals surface area contributed by atoms with E-state index in [1.54, 1.807) is 20.9 Å². The standard InChI is InChI=1S/C12H15FN2O2/c1-11(2)12(17,14-3)15(11)10(16)8-5-4-6-9(13)7-8/h4-7,14,17H,1-3H3. The molecule has 1 saturated heterocycles. The Morgan fingerprint density at radius 3 is 2.59 bits per heavy atom. The lowest BCUT2D eigenvalue weighted by Crippen LogP contribution is -2.37. The topological polar surface area (TPSA) is 52.3 Å². The number of hydrogen-bond acceptors (Lipinski definition) is 3. The Hall–Kier alpha value is -1.46. The van der Waals surface area contributed by atoms with E-state index < -0.39 is 23.1 Å². The molecule has 0 radical (unpaired) electrons. The Balaban J connectivity index is 2.30. The van der Waals surface area contributed by atoms with Crippen LogP contribution in [0.2, 0.25) is 0 Å². The van der Waals surface area contributed by atoms with E-state index in [0.717, 1.165) is 6.07 Å². The summed E-state index contributed by atoms with van der Waals surface area (Å²) in [6.45, 7) is 3.47. The molecule has 92 valence electrons. The van der Waals surface area contributed by atoms with Crippen LogP contribution in [0.3, 0.4) is 0 Å². The summed E-state index contributed by atoms with van der Waals surface area (Å²) in [4.78, 5) is 13.4. The van der Waals surface area contributed by atoms with Gasteiger partial charge in [-0.25, -0.2) is 4.39 Å². The molecule has 1 aromatic carbocycles. The largest absolute Gasteiger partial charge is 0.356 e. The minimum absolute atomic E-state index is 0.226. The second-order valence-corrected chi connectivity index (χ2v) is 4.63. The van der Waals surface area contributed by atoms with Crippen molar-refractivity contribution >= 4 is 5.91 Å². The molecule has 1 aromatic rings. The highest BCUT2D eigenvalue weighted by Gasteiger charge is 2.71. The predicted molar refractivity (Wildman–Crippen MR) is 60.7 cm³/mol. The lowest BCUT2D eigenvalue weighted by molar-refractivity contribution is 0.0447. The Labute approximate surface area is 99.0 Å². The number of aliphatic hydroxyl groups is 1. The summed E-state index contributed by atoms with van der Waals surface area (Å²) in [5, 5.41) is 12.8. The van der Waals surface area contributed by atoms with Crippen LogP contribution >= 0.6 is 0 Å². The Morgan fingerprint density at radius 2 is 2.12 bits per heavy atom. The molecule has 1 fully saturated rings. The fourth-order valence-electron chi connectivity index (χ4n) is 2.14. The molecule has 17 heavy (non-hydrogen) atoms. The summed E-state index contributed by atoms with van der Waals surface area (Å²) in [6, 6.07) is 5.43. The minimum Gasteiger partial charge on any atom is -0.356 e. The maximum Gasteiger partial charge on any atom is 0.257 e. The molecule has 0 aromatic heterocycles. The number of nitrogens with one attached hydrogen (secondary N) is 1. The quantitative estimate of drug-likeness (QED) is 0.595. The zero-order chi connectivity index (χ0) is 12.8. The fourth-order valence-corrected chi connectivity index (χ4v) is 2.14. The monoisotopic (exact) mass is 238 g/mol. The summed E-state index contributed by atoms with van der Waals surface area (Å²) < 4.78 is 13.0. The van der Waals surface area contributed by atoms with Crippen LogP contribution in [-0.4, -0.2) is 34.3 Å². The summed E-state index contributed by atoms with van der Waals surface area (Å²) >= 11 is 0. The SMILES string of the molecule is CNC1(O)N(C(=O)c2cccc(F)c2)C1(C)C. The van der Waals surface area contributed by atoms with E-state index in [1.165, 1.54) is 23.1 Å². The summed E-state index contributed by atoms with van der Waals surface area (Å²) in [7, 11) is 1.57. The second-order valence-electron chi connectivity index (χ2n) is 4.63. The van der Waals surface area contributed by atoms with Gasteiger partial charge in [-0.05, 0) is 39.1 Å². The van der Waals surface area contributed by atoms with Crippen LogP contribution in [0.1, 0.15) is 24.2 Å². The lowest BCUT2D eigenvalue weighted by Gasteiger charge is -2.09. The van der Waals surface area contributed by atoms with Gasteiger partial charge in [0.15, 0.2) is 0 Å².